The number of alkyl halides is 3. The Balaban J connectivity index is 2.58. The van der Waals surface area contributed by atoms with E-state index in [2.05, 4.69) is 10.3 Å². The first-order chi connectivity index (χ1) is 7.43. The fourth-order valence-corrected chi connectivity index (χ4v) is 1.03. The smallest absolute Gasteiger partial charge is 0.370 e. The molecule has 1 unspecified atom stereocenters. The largest absolute Gasteiger partial charge is 0.417 e. The van der Waals surface area contributed by atoms with Gasteiger partial charge in [-0.25, -0.2) is 4.98 Å². The van der Waals surface area contributed by atoms with Crippen molar-refractivity contribution in [3.05, 3.63) is 23.9 Å². The summed E-state index contributed by atoms with van der Waals surface area (Å²) in [6, 6.07) is 2.31. The highest BCUT2D eigenvalue weighted by Gasteiger charge is 2.30. The number of hydrogen-bond donors (Lipinski definition) is 2. The summed E-state index contributed by atoms with van der Waals surface area (Å²) in [6.07, 6.45) is -3.52. The van der Waals surface area contributed by atoms with Crippen LogP contribution in [0, 0.1) is 5.92 Å². The molecule has 1 aromatic rings. The lowest BCUT2D eigenvalue weighted by molar-refractivity contribution is -0.137. The van der Waals surface area contributed by atoms with Gasteiger partial charge < -0.3 is 11.1 Å². The minimum atomic E-state index is -4.34. The molecule has 90 valence electrons. The second kappa shape index (κ2) is 5.16. The number of hydrogen-bond acceptors (Lipinski definition) is 3. The first-order valence-corrected chi connectivity index (χ1v) is 4.90. The number of nitrogens with one attached hydrogen (secondary N) is 1. The number of anilines is 1. The Morgan fingerprint density at radius 1 is 1.44 bits per heavy atom. The Bertz CT molecular complexity index is 321. The number of nitrogens with two attached hydrogens (primary N) is 1. The fourth-order valence-electron chi connectivity index (χ4n) is 1.03. The quantitative estimate of drug-likeness (QED) is 0.837. The van der Waals surface area contributed by atoms with E-state index >= 15 is 0 Å². The maximum atomic E-state index is 12.2. The number of rotatable bonds is 4. The normalized spacial score (nSPS) is 13.6. The van der Waals surface area contributed by atoms with E-state index in [0.717, 1.165) is 12.3 Å². The molecule has 0 saturated heterocycles. The molecular weight excluding hydrogens is 219 g/mol. The van der Waals surface area contributed by atoms with Crippen LogP contribution < -0.4 is 11.1 Å². The van der Waals surface area contributed by atoms with Gasteiger partial charge in [-0.05, 0) is 24.6 Å². The van der Waals surface area contributed by atoms with E-state index in [0.29, 0.717) is 18.9 Å². The van der Waals surface area contributed by atoms with Crippen molar-refractivity contribution in [2.75, 3.05) is 18.4 Å². The van der Waals surface area contributed by atoms with Crippen molar-refractivity contribution in [2.24, 2.45) is 11.7 Å². The molecule has 0 aliphatic heterocycles. The van der Waals surface area contributed by atoms with Gasteiger partial charge in [0.1, 0.15) is 5.82 Å². The van der Waals surface area contributed by atoms with Crippen LogP contribution in [0.15, 0.2) is 18.3 Å². The van der Waals surface area contributed by atoms with E-state index in [1.54, 1.807) is 0 Å². The van der Waals surface area contributed by atoms with Crippen LogP contribution in [0.5, 0.6) is 0 Å². The Morgan fingerprint density at radius 2 is 2.12 bits per heavy atom. The highest BCUT2D eigenvalue weighted by atomic mass is 19.4. The average molecular weight is 233 g/mol. The molecule has 16 heavy (non-hydrogen) atoms. The molecule has 3 nitrogen and oxygen atoms in total. The lowest BCUT2D eigenvalue weighted by Crippen LogP contribution is -2.20. The second-order valence-corrected chi connectivity index (χ2v) is 3.65. The van der Waals surface area contributed by atoms with Crippen LogP contribution in [-0.4, -0.2) is 18.1 Å². The van der Waals surface area contributed by atoms with E-state index in [4.69, 9.17) is 5.73 Å². The molecule has 3 N–H and O–H groups in total. The molecule has 0 bridgehead atoms. The second-order valence-electron chi connectivity index (χ2n) is 3.65. The Kier molecular flexibility index (Phi) is 4.12. The van der Waals surface area contributed by atoms with E-state index < -0.39 is 11.7 Å². The molecule has 1 atom stereocenters. The molecule has 1 heterocycles. The summed E-state index contributed by atoms with van der Waals surface area (Å²) in [4.78, 5) is 3.68. The Hall–Kier alpha value is -1.30. The zero-order valence-electron chi connectivity index (χ0n) is 8.88. The zero-order valence-corrected chi connectivity index (χ0v) is 8.88. The number of aromatic nitrogens is 1. The molecule has 0 saturated carbocycles. The minimum Gasteiger partial charge on any atom is -0.370 e. The fraction of sp³-hybridized carbons (Fsp3) is 0.500. The van der Waals surface area contributed by atoms with Crippen LogP contribution in [0.3, 0.4) is 0 Å². The molecule has 1 aromatic heterocycles. The van der Waals surface area contributed by atoms with Gasteiger partial charge in [-0.3, -0.25) is 0 Å². The van der Waals surface area contributed by atoms with Crippen LogP contribution in [-0.2, 0) is 6.18 Å². The van der Waals surface area contributed by atoms with Gasteiger partial charge in [0.15, 0.2) is 0 Å². The predicted molar refractivity (Wildman–Crippen MR) is 55.9 cm³/mol. The van der Waals surface area contributed by atoms with Crippen LogP contribution in [0.4, 0.5) is 19.0 Å². The van der Waals surface area contributed by atoms with Gasteiger partial charge in [0.25, 0.3) is 0 Å². The predicted octanol–water partition coefficient (Wildman–Crippen LogP) is 2.11. The average Bonchev–Trinajstić information content (AvgIpc) is 2.25. The lowest BCUT2D eigenvalue weighted by atomic mass is 10.2. The Labute approximate surface area is 91.9 Å². The highest BCUT2D eigenvalue weighted by molar-refractivity contribution is 5.36. The van der Waals surface area contributed by atoms with Crippen LogP contribution >= 0.6 is 0 Å². The van der Waals surface area contributed by atoms with Crippen molar-refractivity contribution in [1.29, 1.82) is 0 Å². The first kappa shape index (κ1) is 12.8. The van der Waals surface area contributed by atoms with E-state index in [-0.39, 0.29) is 5.92 Å². The summed E-state index contributed by atoms with van der Waals surface area (Å²) in [5, 5.41) is 2.92. The van der Waals surface area contributed by atoms with Crippen molar-refractivity contribution in [2.45, 2.75) is 13.1 Å². The third-order valence-electron chi connectivity index (χ3n) is 2.12. The SMILES string of the molecule is CC(CN)CNc1ccc(C(F)(F)F)cn1. The maximum absolute atomic E-state index is 12.2. The molecule has 6 heteroatoms. The lowest BCUT2D eigenvalue weighted by Gasteiger charge is -2.11. The molecule has 0 fully saturated rings. The minimum absolute atomic E-state index is 0.254. The third kappa shape index (κ3) is 3.69. The van der Waals surface area contributed by atoms with Gasteiger partial charge in [0.05, 0.1) is 5.56 Å². The molecule has 0 aliphatic rings. The van der Waals surface area contributed by atoms with Crippen molar-refractivity contribution < 1.29 is 13.2 Å². The monoisotopic (exact) mass is 233 g/mol. The van der Waals surface area contributed by atoms with Gasteiger partial charge in [0.2, 0.25) is 0 Å². The summed E-state index contributed by atoms with van der Waals surface area (Å²) >= 11 is 0. The molecule has 0 aromatic carbocycles. The van der Waals surface area contributed by atoms with E-state index in [1.165, 1.54) is 6.07 Å². The Morgan fingerprint density at radius 3 is 2.56 bits per heavy atom. The van der Waals surface area contributed by atoms with Gasteiger partial charge in [0, 0.05) is 12.7 Å². The van der Waals surface area contributed by atoms with Crippen molar-refractivity contribution >= 4 is 5.82 Å². The zero-order chi connectivity index (χ0) is 12.2. The van der Waals surface area contributed by atoms with Crippen molar-refractivity contribution in [1.82, 2.24) is 4.98 Å². The highest BCUT2D eigenvalue weighted by Crippen LogP contribution is 2.28. The summed E-state index contributed by atoms with van der Waals surface area (Å²) in [7, 11) is 0. The van der Waals surface area contributed by atoms with Crippen LogP contribution in [0.1, 0.15) is 12.5 Å². The topological polar surface area (TPSA) is 50.9 Å². The summed E-state index contributed by atoms with van der Waals surface area (Å²) < 4.78 is 36.6. The maximum Gasteiger partial charge on any atom is 0.417 e. The van der Waals surface area contributed by atoms with Crippen LogP contribution in [0.25, 0.3) is 0 Å². The van der Waals surface area contributed by atoms with Gasteiger partial charge in [-0.1, -0.05) is 6.92 Å². The van der Waals surface area contributed by atoms with Crippen molar-refractivity contribution in [3.63, 3.8) is 0 Å². The first-order valence-electron chi connectivity index (χ1n) is 4.90. The molecule has 0 aliphatic carbocycles. The molecule has 0 spiro atoms. The van der Waals surface area contributed by atoms with Crippen molar-refractivity contribution in [3.8, 4) is 0 Å². The summed E-state index contributed by atoms with van der Waals surface area (Å²) in [5.74, 6) is 0.678. The number of pyridine rings is 1. The molecular formula is C10H14F3N3. The molecule has 1 rings (SSSR count). The van der Waals surface area contributed by atoms with Gasteiger partial charge >= 0.3 is 6.18 Å². The van der Waals surface area contributed by atoms with Gasteiger partial charge in [-0.2, -0.15) is 13.2 Å². The van der Waals surface area contributed by atoms with Crippen LogP contribution in [0.2, 0.25) is 0 Å². The number of nitrogens with zero attached hydrogens (tertiary/aromatic N) is 1. The molecule has 0 radical (unpaired) electrons. The summed E-state index contributed by atoms with van der Waals surface area (Å²) in [6.45, 7) is 3.06. The van der Waals surface area contributed by atoms with Gasteiger partial charge in [-0.15, -0.1) is 0 Å². The van der Waals surface area contributed by atoms with E-state index in [9.17, 15) is 13.2 Å². The third-order valence-corrected chi connectivity index (χ3v) is 2.12. The van der Waals surface area contributed by atoms with E-state index in [1.807, 2.05) is 6.92 Å². The number of halogens is 3. The molecule has 0 amide bonds. The standard InChI is InChI=1S/C10H14F3N3/c1-7(4-14)5-15-9-3-2-8(6-16-9)10(11,12)13/h2-3,6-7H,4-5,14H2,1H3,(H,15,16). The summed E-state index contributed by atoms with van der Waals surface area (Å²) in [5.41, 5.74) is 4.66.